The second kappa shape index (κ2) is 6.02. The van der Waals surface area contributed by atoms with Crippen LogP contribution >= 0.6 is 11.3 Å². The number of hydrogen-bond donors (Lipinski definition) is 1. The summed E-state index contributed by atoms with van der Waals surface area (Å²) in [4.78, 5) is 19.1. The third kappa shape index (κ3) is 2.78. The van der Waals surface area contributed by atoms with Crippen LogP contribution in [0.1, 0.15) is 24.8 Å². The Balaban J connectivity index is 1.53. The number of carbonyl (C=O) groups is 1. The van der Waals surface area contributed by atoms with Gasteiger partial charge in [0.05, 0.1) is 18.2 Å². The second-order valence-electron chi connectivity index (χ2n) is 7.11. The highest BCUT2D eigenvalue weighted by Crippen LogP contribution is 2.59. The molecule has 0 bridgehead atoms. The number of nitrogens with zero attached hydrogens (tertiary/aromatic N) is 2. The van der Waals surface area contributed by atoms with Crippen molar-refractivity contribution in [1.29, 1.82) is 0 Å². The molecule has 1 aliphatic heterocycles. The van der Waals surface area contributed by atoms with Crippen LogP contribution in [0.2, 0.25) is 0 Å². The van der Waals surface area contributed by atoms with E-state index in [0.29, 0.717) is 5.92 Å². The molecule has 1 aromatic carbocycles. The monoisotopic (exact) mass is 358 g/mol. The maximum Gasteiger partial charge on any atom is 0.312 e. The molecular formula is C19H22N2O3S. The number of rotatable bonds is 3. The van der Waals surface area contributed by atoms with Gasteiger partial charge in [0.1, 0.15) is 5.75 Å². The van der Waals surface area contributed by atoms with Crippen molar-refractivity contribution in [2.24, 2.45) is 11.3 Å². The van der Waals surface area contributed by atoms with Crippen molar-refractivity contribution in [3.05, 3.63) is 29.1 Å². The molecule has 132 valence electrons. The number of aromatic hydroxyl groups is 1. The Kier molecular flexibility index (Phi) is 3.95. The van der Waals surface area contributed by atoms with Gasteiger partial charge >= 0.3 is 5.97 Å². The van der Waals surface area contributed by atoms with Gasteiger partial charge in [-0.15, -0.1) is 11.3 Å². The topological polar surface area (TPSA) is 62.7 Å². The third-order valence-corrected chi connectivity index (χ3v) is 6.49. The van der Waals surface area contributed by atoms with Crippen LogP contribution in [0.3, 0.4) is 0 Å². The maximum absolute atomic E-state index is 12.1. The van der Waals surface area contributed by atoms with Crippen LogP contribution in [0, 0.1) is 18.3 Å². The number of ether oxygens (including phenoxy) is 1. The standard InChI is InChI=1S/C19H22N2O3S/c1-12-3-4-16(22)14(9-12)15-11-25-18(20-15)21-7-5-13-10-19(13,6-8-21)17(23)24-2/h3-4,9,11,13,22H,5-8,10H2,1-2H3. The summed E-state index contributed by atoms with van der Waals surface area (Å²) in [7, 11) is 1.48. The predicted octanol–water partition coefficient (Wildman–Crippen LogP) is 3.60. The van der Waals surface area contributed by atoms with Crippen molar-refractivity contribution in [1.82, 2.24) is 4.98 Å². The lowest BCUT2D eigenvalue weighted by Crippen LogP contribution is -2.27. The van der Waals surface area contributed by atoms with Crippen molar-refractivity contribution < 1.29 is 14.6 Å². The van der Waals surface area contributed by atoms with Crippen molar-refractivity contribution in [3.63, 3.8) is 0 Å². The van der Waals surface area contributed by atoms with Gasteiger partial charge in [0.25, 0.3) is 0 Å². The number of hydrogen-bond acceptors (Lipinski definition) is 6. The number of fused-ring (bicyclic) bond motifs is 1. The molecule has 1 aromatic heterocycles. The van der Waals surface area contributed by atoms with Crippen LogP contribution in [0.5, 0.6) is 5.75 Å². The summed E-state index contributed by atoms with van der Waals surface area (Å²) in [6, 6.07) is 5.56. The first-order chi connectivity index (χ1) is 12.0. The minimum Gasteiger partial charge on any atom is -0.507 e. The molecule has 2 fully saturated rings. The Hall–Kier alpha value is -2.08. The Morgan fingerprint density at radius 2 is 2.28 bits per heavy atom. The molecule has 5 nitrogen and oxygen atoms in total. The van der Waals surface area contributed by atoms with Crippen LogP contribution in [0.25, 0.3) is 11.3 Å². The number of aryl methyl sites for hydroxylation is 1. The van der Waals surface area contributed by atoms with E-state index >= 15 is 0 Å². The molecule has 2 aliphatic rings. The fraction of sp³-hybridized carbons (Fsp3) is 0.474. The molecule has 2 heterocycles. The van der Waals surface area contributed by atoms with Crippen molar-refractivity contribution in [2.75, 3.05) is 25.1 Å². The molecule has 4 rings (SSSR count). The van der Waals surface area contributed by atoms with E-state index in [0.717, 1.165) is 54.3 Å². The van der Waals surface area contributed by atoms with Crippen LogP contribution in [0.4, 0.5) is 5.13 Å². The Bertz CT molecular complexity index is 819. The molecule has 2 unspecified atom stereocenters. The number of aromatic nitrogens is 1. The molecule has 25 heavy (non-hydrogen) atoms. The van der Waals surface area contributed by atoms with Crippen molar-refractivity contribution in [2.45, 2.75) is 26.2 Å². The summed E-state index contributed by atoms with van der Waals surface area (Å²) < 4.78 is 5.02. The smallest absolute Gasteiger partial charge is 0.312 e. The SMILES string of the molecule is COC(=O)C12CCN(c3nc(-c4cc(C)ccc4O)cs3)CCC1C2. The number of benzene rings is 1. The van der Waals surface area contributed by atoms with E-state index in [1.54, 1.807) is 17.4 Å². The predicted molar refractivity (Wildman–Crippen MR) is 98.0 cm³/mol. The molecule has 6 heteroatoms. The van der Waals surface area contributed by atoms with Gasteiger partial charge in [0.2, 0.25) is 0 Å². The van der Waals surface area contributed by atoms with Gasteiger partial charge in [-0.25, -0.2) is 4.98 Å². The van der Waals surface area contributed by atoms with E-state index in [-0.39, 0.29) is 17.1 Å². The minimum absolute atomic E-state index is 0.0520. The summed E-state index contributed by atoms with van der Waals surface area (Å²) in [6.45, 7) is 3.73. The van der Waals surface area contributed by atoms with E-state index in [9.17, 15) is 9.90 Å². The first-order valence-electron chi connectivity index (χ1n) is 8.62. The molecule has 1 N–H and O–H groups in total. The first kappa shape index (κ1) is 16.4. The average Bonchev–Trinajstić information content (AvgIpc) is 3.17. The normalized spacial score (nSPS) is 25.2. The molecular weight excluding hydrogens is 336 g/mol. The molecule has 1 saturated heterocycles. The number of esters is 1. The Morgan fingerprint density at radius 3 is 3.08 bits per heavy atom. The highest BCUT2D eigenvalue weighted by atomic mass is 32.1. The fourth-order valence-electron chi connectivity index (χ4n) is 3.96. The van der Waals surface area contributed by atoms with Crippen molar-refractivity contribution >= 4 is 22.4 Å². The maximum atomic E-state index is 12.1. The van der Waals surface area contributed by atoms with Gasteiger partial charge < -0.3 is 14.7 Å². The van der Waals surface area contributed by atoms with Crippen molar-refractivity contribution in [3.8, 4) is 17.0 Å². The quantitative estimate of drug-likeness (QED) is 0.850. The number of anilines is 1. The zero-order chi connectivity index (χ0) is 17.6. The molecule has 0 spiro atoms. The highest BCUT2D eigenvalue weighted by molar-refractivity contribution is 7.14. The van der Waals surface area contributed by atoms with Gasteiger partial charge in [0, 0.05) is 24.0 Å². The lowest BCUT2D eigenvalue weighted by atomic mass is 9.99. The van der Waals surface area contributed by atoms with Crippen LogP contribution in [0.15, 0.2) is 23.6 Å². The van der Waals surface area contributed by atoms with Gasteiger partial charge in [-0.2, -0.15) is 0 Å². The Morgan fingerprint density at radius 1 is 1.44 bits per heavy atom. The molecule has 2 atom stereocenters. The van der Waals surface area contributed by atoms with Gasteiger partial charge in [-0.1, -0.05) is 11.6 Å². The number of methoxy groups -OCH3 is 1. The lowest BCUT2D eigenvalue weighted by Gasteiger charge is -2.20. The lowest BCUT2D eigenvalue weighted by molar-refractivity contribution is -0.147. The van der Waals surface area contributed by atoms with Crippen LogP contribution in [-0.4, -0.2) is 36.3 Å². The van der Waals surface area contributed by atoms with E-state index in [1.165, 1.54) is 7.11 Å². The van der Waals surface area contributed by atoms with Gasteiger partial charge in [-0.3, -0.25) is 4.79 Å². The summed E-state index contributed by atoms with van der Waals surface area (Å²) >= 11 is 1.59. The number of carbonyl (C=O) groups excluding carboxylic acids is 1. The average molecular weight is 358 g/mol. The summed E-state index contributed by atoms with van der Waals surface area (Å²) in [6.07, 6.45) is 2.79. The number of phenols is 1. The summed E-state index contributed by atoms with van der Waals surface area (Å²) in [5, 5.41) is 13.1. The number of thiazole rings is 1. The third-order valence-electron chi connectivity index (χ3n) is 5.59. The molecule has 0 radical (unpaired) electrons. The largest absolute Gasteiger partial charge is 0.507 e. The van der Waals surface area contributed by atoms with E-state index in [1.807, 2.05) is 24.4 Å². The molecule has 1 aliphatic carbocycles. The van der Waals surface area contributed by atoms with E-state index < -0.39 is 0 Å². The van der Waals surface area contributed by atoms with Gasteiger partial charge in [0.15, 0.2) is 5.13 Å². The van der Waals surface area contributed by atoms with E-state index in [4.69, 9.17) is 9.72 Å². The zero-order valence-electron chi connectivity index (χ0n) is 14.5. The Labute approximate surface area is 151 Å². The fourth-order valence-corrected chi connectivity index (χ4v) is 4.84. The minimum atomic E-state index is -0.252. The molecule has 2 aromatic rings. The van der Waals surface area contributed by atoms with Crippen LogP contribution in [-0.2, 0) is 9.53 Å². The zero-order valence-corrected chi connectivity index (χ0v) is 15.3. The molecule has 0 amide bonds. The first-order valence-corrected chi connectivity index (χ1v) is 9.50. The summed E-state index contributed by atoms with van der Waals surface area (Å²) in [5.41, 5.74) is 2.42. The highest BCUT2D eigenvalue weighted by Gasteiger charge is 2.61. The number of phenolic OH excluding ortho intramolecular Hbond substituents is 1. The molecule has 1 saturated carbocycles. The van der Waals surface area contributed by atoms with E-state index in [2.05, 4.69) is 4.90 Å². The van der Waals surface area contributed by atoms with Gasteiger partial charge in [-0.05, 0) is 44.2 Å². The van der Waals surface area contributed by atoms with Crippen LogP contribution < -0.4 is 4.90 Å². The second-order valence-corrected chi connectivity index (χ2v) is 7.95. The summed E-state index contributed by atoms with van der Waals surface area (Å²) in [5.74, 6) is 0.651.